The molecule has 1 rings (SSSR count). The zero-order valence-corrected chi connectivity index (χ0v) is 10.2. The maximum absolute atomic E-state index is 11.0. The summed E-state index contributed by atoms with van der Waals surface area (Å²) in [7, 11) is 1.38. The van der Waals surface area contributed by atoms with Crippen molar-refractivity contribution >= 4 is 17.4 Å². The van der Waals surface area contributed by atoms with Crippen LogP contribution in [-0.2, 0) is 9.63 Å². The van der Waals surface area contributed by atoms with E-state index in [1.54, 1.807) is 6.92 Å². The Bertz CT molecular complexity index is 510. The highest BCUT2D eigenvalue weighted by Gasteiger charge is 2.15. The van der Waals surface area contributed by atoms with Gasteiger partial charge in [-0.3, -0.25) is 14.9 Å². The Hall–Kier alpha value is -2.44. The van der Waals surface area contributed by atoms with Crippen LogP contribution in [-0.4, -0.2) is 23.7 Å². The number of non-ortho nitro benzene ring substituents is 1. The molecule has 0 atom stereocenters. The van der Waals surface area contributed by atoms with Crippen LogP contribution < -0.4 is 4.74 Å². The zero-order valence-electron chi connectivity index (χ0n) is 10.2. The molecule has 0 spiro atoms. The van der Waals surface area contributed by atoms with Crippen LogP contribution in [0.2, 0.25) is 0 Å². The van der Waals surface area contributed by atoms with Gasteiger partial charge in [0.1, 0.15) is 12.9 Å². The van der Waals surface area contributed by atoms with Crippen LogP contribution in [0.25, 0.3) is 0 Å². The van der Waals surface area contributed by atoms with E-state index >= 15 is 0 Å². The number of hydrogen-bond acceptors (Lipinski definition) is 6. The van der Waals surface area contributed by atoms with Crippen LogP contribution in [0.15, 0.2) is 23.4 Å². The van der Waals surface area contributed by atoms with Gasteiger partial charge in [0.15, 0.2) is 0 Å². The van der Waals surface area contributed by atoms with Gasteiger partial charge in [0, 0.05) is 18.6 Å². The molecule has 0 aliphatic heterocycles. The molecule has 7 heteroatoms. The number of nitrogens with zero attached hydrogens (tertiary/aromatic N) is 2. The number of nitro benzene ring substituents is 1. The second-order valence-corrected chi connectivity index (χ2v) is 3.39. The van der Waals surface area contributed by atoms with Crippen molar-refractivity contribution in [2.75, 3.05) is 7.11 Å². The standard InChI is InChI=1S/C11H12N2O5/c1-7(12-17-3)10-5-4-9(13(15)16)6-11(10)18-8(2)14/h4-6H,1-3H3/b12-7+. The van der Waals surface area contributed by atoms with E-state index < -0.39 is 10.9 Å². The first-order chi connectivity index (χ1) is 8.45. The first-order valence-electron chi connectivity index (χ1n) is 5.00. The number of carbonyl (C=O) groups excluding carboxylic acids is 1. The maximum atomic E-state index is 11.0. The molecule has 0 radical (unpaired) electrons. The van der Waals surface area contributed by atoms with Crippen molar-refractivity contribution in [1.29, 1.82) is 0 Å². The lowest BCUT2D eigenvalue weighted by Gasteiger charge is -2.07. The van der Waals surface area contributed by atoms with E-state index in [-0.39, 0.29) is 11.4 Å². The number of hydrogen-bond donors (Lipinski definition) is 0. The van der Waals surface area contributed by atoms with Gasteiger partial charge in [-0.1, -0.05) is 5.16 Å². The fourth-order valence-corrected chi connectivity index (χ4v) is 1.35. The Labute approximate surface area is 103 Å². The molecule has 7 nitrogen and oxygen atoms in total. The topological polar surface area (TPSA) is 91.0 Å². The Morgan fingerprint density at radius 1 is 1.39 bits per heavy atom. The molecule has 1 aromatic carbocycles. The number of oxime groups is 1. The molecule has 1 aromatic rings. The van der Waals surface area contributed by atoms with E-state index in [0.717, 1.165) is 0 Å². The molecule has 0 aliphatic carbocycles. The van der Waals surface area contributed by atoms with Gasteiger partial charge in [0.2, 0.25) is 0 Å². The Morgan fingerprint density at radius 3 is 2.56 bits per heavy atom. The molecule has 0 unspecified atom stereocenters. The van der Waals surface area contributed by atoms with Crippen LogP contribution in [0.1, 0.15) is 19.4 Å². The SMILES string of the molecule is CO/N=C(\C)c1ccc([N+](=O)[O-])cc1OC(C)=O. The summed E-state index contributed by atoms with van der Waals surface area (Å²) in [6.07, 6.45) is 0. The number of carbonyl (C=O) groups is 1. The molecular weight excluding hydrogens is 240 g/mol. The minimum Gasteiger partial charge on any atom is -0.426 e. The molecule has 0 N–H and O–H groups in total. The van der Waals surface area contributed by atoms with E-state index in [9.17, 15) is 14.9 Å². The molecule has 0 saturated carbocycles. The van der Waals surface area contributed by atoms with Gasteiger partial charge >= 0.3 is 5.97 Å². The summed E-state index contributed by atoms with van der Waals surface area (Å²) in [5, 5.41) is 14.3. The summed E-state index contributed by atoms with van der Waals surface area (Å²) in [6.45, 7) is 2.85. The van der Waals surface area contributed by atoms with Gasteiger partial charge in [-0.15, -0.1) is 0 Å². The van der Waals surface area contributed by atoms with Crippen LogP contribution in [0.5, 0.6) is 5.75 Å². The van der Waals surface area contributed by atoms with Crippen molar-refractivity contribution in [1.82, 2.24) is 0 Å². The Morgan fingerprint density at radius 2 is 2.06 bits per heavy atom. The van der Waals surface area contributed by atoms with E-state index in [1.807, 2.05) is 0 Å². The maximum Gasteiger partial charge on any atom is 0.308 e. The fraction of sp³-hybridized carbons (Fsp3) is 0.273. The molecule has 96 valence electrons. The van der Waals surface area contributed by atoms with Crippen molar-refractivity contribution in [3.8, 4) is 5.75 Å². The third-order valence-corrected chi connectivity index (χ3v) is 2.05. The van der Waals surface area contributed by atoms with Crippen LogP contribution >= 0.6 is 0 Å². The lowest BCUT2D eigenvalue weighted by atomic mass is 10.1. The first kappa shape index (κ1) is 13.6. The summed E-state index contributed by atoms with van der Waals surface area (Å²) < 4.78 is 4.92. The van der Waals surface area contributed by atoms with Crippen molar-refractivity contribution in [3.63, 3.8) is 0 Å². The van der Waals surface area contributed by atoms with Crippen molar-refractivity contribution in [3.05, 3.63) is 33.9 Å². The predicted octanol–water partition coefficient (Wildman–Crippen LogP) is 1.89. The molecule has 0 saturated heterocycles. The van der Waals surface area contributed by atoms with Crippen LogP contribution in [0, 0.1) is 10.1 Å². The van der Waals surface area contributed by atoms with Crippen LogP contribution in [0.3, 0.4) is 0 Å². The second-order valence-electron chi connectivity index (χ2n) is 3.39. The minimum atomic E-state index is -0.570. The largest absolute Gasteiger partial charge is 0.426 e. The van der Waals surface area contributed by atoms with Gasteiger partial charge < -0.3 is 9.57 Å². The molecule has 0 fully saturated rings. The molecule has 0 aliphatic rings. The third-order valence-electron chi connectivity index (χ3n) is 2.05. The van der Waals surface area contributed by atoms with Crippen molar-refractivity contribution in [2.24, 2.45) is 5.16 Å². The summed E-state index contributed by atoms with van der Waals surface area (Å²) in [6, 6.07) is 3.93. The first-order valence-corrected chi connectivity index (χ1v) is 5.00. The van der Waals surface area contributed by atoms with Gasteiger partial charge in [-0.2, -0.15) is 0 Å². The zero-order chi connectivity index (χ0) is 13.7. The molecule has 0 amide bonds. The third kappa shape index (κ3) is 3.27. The fourth-order valence-electron chi connectivity index (χ4n) is 1.35. The van der Waals surface area contributed by atoms with E-state index in [0.29, 0.717) is 11.3 Å². The second kappa shape index (κ2) is 5.76. The van der Waals surface area contributed by atoms with Gasteiger partial charge in [0.25, 0.3) is 5.69 Å². The molecule has 18 heavy (non-hydrogen) atoms. The molecule has 0 bridgehead atoms. The average molecular weight is 252 g/mol. The lowest BCUT2D eigenvalue weighted by molar-refractivity contribution is -0.384. The smallest absolute Gasteiger partial charge is 0.308 e. The van der Waals surface area contributed by atoms with Gasteiger partial charge in [-0.05, 0) is 13.0 Å². The summed E-state index contributed by atoms with van der Waals surface area (Å²) in [4.78, 5) is 25.7. The Kier molecular flexibility index (Phi) is 4.36. The van der Waals surface area contributed by atoms with E-state index in [2.05, 4.69) is 9.99 Å². The summed E-state index contributed by atoms with van der Waals surface area (Å²) in [5.41, 5.74) is 0.738. The quantitative estimate of drug-likeness (QED) is 0.268. The highest BCUT2D eigenvalue weighted by atomic mass is 16.6. The minimum absolute atomic E-state index is 0.0787. The van der Waals surface area contributed by atoms with E-state index in [4.69, 9.17) is 4.74 Å². The summed E-state index contributed by atoms with van der Waals surface area (Å²) in [5.74, 6) is -0.489. The van der Waals surface area contributed by atoms with E-state index in [1.165, 1.54) is 32.2 Å². The predicted molar refractivity (Wildman–Crippen MR) is 63.6 cm³/mol. The summed E-state index contributed by atoms with van der Waals surface area (Å²) >= 11 is 0. The molecule has 0 aromatic heterocycles. The van der Waals surface area contributed by atoms with Crippen molar-refractivity contribution in [2.45, 2.75) is 13.8 Å². The van der Waals surface area contributed by atoms with Crippen molar-refractivity contribution < 1.29 is 19.3 Å². The number of esters is 1. The number of rotatable bonds is 4. The van der Waals surface area contributed by atoms with Gasteiger partial charge in [0.05, 0.1) is 16.7 Å². The monoisotopic (exact) mass is 252 g/mol. The molecule has 0 heterocycles. The number of nitro groups is 1. The highest BCUT2D eigenvalue weighted by molar-refractivity contribution is 6.01. The number of benzene rings is 1. The molecular formula is C11H12N2O5. The normalized spacial score (nSPS) is 10.9. The Balaban J connectivity index is 3.28. The van der Waals surface area contributed by atoms with Gasteiger partial charge in [-0.25, -0.2) is 0 Å². The van der Waals surface area contributed by atoms with Crippen LogP contribution in [0.4, 0.5) is 5.69 Å². The average Bonchev–Trinajstić information content (AvgIpc) is 2.28. The highest BCUT2D eigenvalue weighted by Crippen LogP contribution is 2.25. The lowest BCUT2D eigenvalue weighted by Crippen LogP contribution is -2.07. The number of ether oxygens (including phenoxy) is 1.